The molecule has 2 atom stereocenters. The Balaban J connectivity index is 2.62. The number of aliphatic hydroxyl groups is 1. The highest BCUT2D eigenvalue weighted by molar-refractivity contribution is 4.93. The highest BCUT2D eigenvalue weighted by Gasteiger charge is 2.37. The predicted octanol–water partition coefficient (Wildman–Crippen LogP) is 0.914. The fourth-order valence-corrected chi connectivity index (χ4v) is 2.38. The van der Waals surface area contributed by atoms with Gasteiger partial charge in [0.25, 0.3) is 0 Å². The van der Waals surface area contributed by atoms with Crippen LogP contribution in [0.15, 0.2) is 0 Å². The van der Waals surface area contributed by atoms with Gasteiger partial charge in [0.15, 0.2) is 0 Å². The molecule has 0 radical (unpaired) electrons. The van der Waals surface area contributed by atoms with Gasteiger partial charge in [0.05, 0.1) is 18.8 Å². The SMILES string of the molecule is CCNC1(CO)CC(C)OC(C)C1. The molecule has 1 saturated heterocycles. The summed E-state index contributed by atoms with van der Waals surface area (Å²) in [6.07, 6.45) is 2.30. The summed E-state index contributed by atoms with van der Waals surface area (Å²) in [7, 11) is 0. The van der Waals surface area contributed by atoms with Gasteiger partial charge in [0, 0.05) is 5.54 Å². The molecule has 13 heavy (non-hydrogen) atoms. The first kappa shape index (κ1) is 11.0. The van der Waals surface area contributed by atoms with Gasteiger partial charge in [-0.25, -0.2) is 0 Å². The summed E-state index contributed by atoms with van der Waals surface area (Å²) in [4.78, 5) is 0. The third-order valence-electron chi connectivity index (χ3n) is 2.68. The van der Waals surface area contributed by atoms with Crippen molar-refractivity contribution in [1.82, 2.24) is 5.32 Å². The van der Waals surface area contributed by atoms with Crippen LogP contribution < -0.4 is 5.32 Å². The average molecular weight is 187 g/mol. The predicted molar refractivity (Wildman–Crippen MR) is 52.7 cm³/mol. The van der Waals surface area contributed by atoms with Crippen molar-refractivity contribution in [2.24, 2.45) is 0 Å². The molecule has 3 heteroatoms. The summed E-state index contributed by atoms with van der Waals surface area (Å²) in [5.41, 5.74) is -0.105. The van der Waals surface area contributed by atoms with Crippen LogP contribution in [0, 0.1) is 0 Å². The third-order valence-corrected chi connectivity index (χ3v) is 2.68. The summed E-state index contributed by atoms with van der Waals surface area (Å²) in [6.45, 7) is 7.32. The van der Waals surface area contributed by atoms with Crippen molar-refractivity contribution >= 4 is 0 Å². The number of likely N-dealkylation sites (N-methyl/N-ethyl adjacent to an activating group) is 1. The smallest absolute Gasteiger partial charge is 0.0615 e. The standard InChI is InChI=1S/C10H21NO2/c1-4-11-10(7-12)5-8(2)13-9(3)6-10/h8-9,11-12H,4-7H2,1-3H3. The monoisotopic (exact) mass is 187 g/mol. The van der Waals surface area contributed by atoms with Gasteiger partial charge < -0.3 is 15.2 Å². The lowest BCUT2D eigenvalue weighted by Crippen LogP contribution is -2.55. The minimum absolute atomic E-state index is 0.105. The lowest BCUT2D eigenvalue weighted by Gasteiger charge is -2.42. The molecule has 78 valence electrons. The van der Waals surface area contributed by atoms with Crippen LogP contribution in [0.3, 0.4) is 0 Å². The van der Waals surface area contributed by atoms with Gasteiger partial charge in [-0.2, -0.15) is 0 Å². The molecular formula is C10H21NO2. The van der Waals surface area contributed by atoms with Crippen LogP contribution in [0.25, 0.3) is 0 Å². The fourth-order valence-electron chi connectivity index (χ4n) is 2.38. The van der Waals surface area contributed by atoms with E-state index in [1.54, 1.807) is 0 Å². The van der Waals surface area contributed by atoms with E-state index in [2.05, 4.69) is 26.1 Å². The van der Waals surface area contributed by atoms with Crippen molar-refractivity contribution in [3.8, 4) is 0 Å². The molecule has 2 unspecified atom stereocenters. The maximum absolute atomic E-state index is 9.39. The molecule has 1 fully saturated rings. The number of nitrogens with one attached hydrogen (secondary N) is 1. The quantitative estimate of drug-likeness (QED) is 0.690. The maximum Gasteiger partial charge on any atom is 0.0615 e. The summed E-state index contributed by atoms with van der Waals surface area (Å²) in [5, 5.41) is 12.8. The van der Waals surface area contributed by atoms with E-state index in [1.807, 2.05) is 0 Å². The molecular weight excluding hydrogens is 166 g/mol. The first-order valence-corrected chi connectivity index (χ1v) is 5.13. The Morgan fingerprint density at radius 2 is 1.92 bits per heavy atom. The van der Waals surface area contributed by atoms with Crippen molar-refractivity contribution in [3.63, 3.8) is 0 Å². The largest absolute Gasteiger partial charge is 0.394 e. The molecule has 0 saturated carbocycles. The zero-order valence-corrected chi connectivity index (χ0v) is 8.84. The first-order valence-electron chi connectivity index (χ1n) is 5.13. The van der Waals surface area contributed by atoms with Crippen molar-refractivity contribution in [3.05, 3.63) is 0 Å². The van der Waals surface area contributed by atoms with E-state index < -0.39 is 0 Å². The molecule has 1 heterocycles. The van der Waals surface area contributed by atoms with Gasteiger partial charge in [-0.3, -0.25) is 0 Å². The molecule has 0 aromatic carbocycles. The van der Waals surface area contributed by atoms with Crippen LogP contribution in [0.4, 0.5) is 0 Å². The van der Waals surface area contributed by atoms with Crippen LogP contribution in [0.5, 0.6) is 0 Å². The van der Waals surface area contributed by atoms with Crippen LogP contribution in [-0.4, -0.2) is 36.0 Å². The average Bonchev–Trinajstić information content (AvgIpc) is 2.03. The first-order chi connectivity index (χ1) is 6.12. The van der Waals surface area contributed by atoms with Crippen molar-refractivity contribution in [1.29, 1.82) is 0 Å². The summed E-state index contributed by atoms with van der Waals surface area (Å²) in [6, 6.07) is 0. The van der Waals surface area contributed by atoms with Gasteiger partial charge in [-0.05, 0) is 33.2 Å². The molecule has 0 spiro atoms. The molecule has 0 amide bonds. The van der Waals surface area contributed by atoms with Gasteiger partial charge in [-0.1, -0.05) is 6.92 Å². The normalized spacial score (nSPS) is 40.6. The number of ether oxygens (including phenoxy) is 1. The molecule has 1 aliphatic heterocycles. The molecule has 1 aliphatic rings. The number of aliphatic hydroxyl groups excluding tert-OH is 1. The van der Waals surface area contributed by atoms with Gasteiger partial charge in [0.2, 0.25) is 0 Å². The lowest BCUT2D eigenvalue weighted by atomic mass is 9.85. The van der Waals surface area contributed by atoms with E-state index in [0.29, 0.717) is 0 Å². The second-order valence-electron chi connectivity index (χ2n) is 4.13. The van der Waals surface area contributed by atoms with E-state index in [0.717, 1.165) is 19.4 Å². The Labute approximate surface area is 80.5 Å². The maximum atomic E-state index is 9.39. The van der Waals surface area contributed by atoms with E-state index in [9.17, 15) is 5.11 Å². The summed E-state index contributed by atoms with van der Waals surface area (Å²) >= 11 is 0. The number of hydrogen-bond acceptors (Lipinski definition) is 3. The van der Waals surface area contributed by atoms with E-state index in [-0.39, 0.29) is 24.4 Å². The minimum Gasteiger partial charge on any atom is -0.394 e. The number of hydrogen-bond donors (Lipinski definition) is 2. The highest BCUT2D eigenvalue weighted by Crippen LogP contribution is 2.28. The van der Waals surface area contributed by atoms with Gasteiger partial charge in [0.1, 0.15) is 0 Å². The molecule has 0 bridgehead atoms. The molecule has 0 aliphatic carbocycles. The Bertz CT molecular complexity index is 151. The van der Waals surface area contributed by atoms with Crippen LogP contribution >= 0.6 is 0 Å². The van der Waals surface area contributed by atoms with Crippen molar-refractivity contribution in [2.75, 3.05) is 13.2 Å². The molecule has 2 N–H and O–H groups in total. The summed E-state index contributed by atoms with van der Waals surface area (Å²) in [5.74, 6) is 0. The Morgan fingerprint density at radius 3 is 2.31 bits per heavy atom. The molecule has 3 nitrogen and oxygen atoms in total. The van der Waals surface area contributed by atoms with Crippen LogP contribution in [0.2, 0.25) is 0 Å². The lowest BCUT2D eigenvalue weighted by molar-refractivity contribution is -0.0806. The van der Waals surface area contributed by atoms with Crippen LogP contribution in [0.1, 0.15) is 33.6 Å². The van der Waals surface area contributed by atoms with Crippen molar-refractivity contribution < 1.29 is 9.84 Å². The van der Waals surface area contributed by atoms with E-state index >= 15 is 0 Å². The van der Waals surface area contributed by atoms with Crippen LogP contribution in [-0.2, 0) is 4.74 Å². The van der Waals surface area contributed by atoms with E-state index in [1.165, 1.54) is 0 Å². The van der Waals surface area contributed by atoms with Gasteiger partial charge in [-0.15, -0.1) is 0 Å². The van der Waals surface area contributed by atoms with Crippen molar-refractivity contribution in [2.45, 2.75) is 51.4 Å². The second kappa shape index (κ2) is 4.40. The Hall–Kier alpha value is -0.120. The summed E-state index contributed by atoms with van der Waals surface area (Å²) < 4.78 is 5.64. The minimum atomic E-state index is -0.105. The number of rotatable bonds is 3. The topological polar surface area (TPSA) is 41.5 Å². The third kappa shape index (κ3) is 2.66. The highest BCUT2D eigenvalue weighted by atomic mass is 16.5. The van der Waals surface area contributed by atoms with E-state index in [4.69, 9.17) is 4.74 Å². The zero-order valence-electron chi connectivity index (χ0n) is 8.84. The molecule has 1 rings (SSSR count). The Morgan fingerprint density at radius 1 is 1.38 bits per heavy atom. The molecule has 0 aromatic rings. The Kier molecular flexibility index (Phi) is 3.71. The fraction of sp³-hybridized carbons (Fsp3) is 1.00. The zero-order chi connectivity index (χ0) is 9.90. The van der Waals surface area contributed by atoms with Gasteiger partial charge >= 0.3 is 0 Å². The second-order valence-corrected chi connectivity index (χ2v) is 4.13. The molecule has 0 aromatic heterocycles.